The Bertz CT molecular complexity index is 1970. The number of aromatic nitrogens is 2. The summed E-state index contributed by atoms with van der Waals surface area (Å²) >= 11 is 0. The number of nitrogens with one attached hydrogen (secondary N) is 2. The molecule has 8 N–H and O–H groups in total. The number of amides is 4. The van der Waals surface area contributed by atoms with Gasteiger partial charge in [0.2, 0.25) is 0 Å². The normalized spacial score (nSPS) is 15.0. The van der Waals surface area contributed by atoms with E-state index in [-0.39, 0.29) is 31.0 Å². The number of phenolic OH excluding ortho intramolecular Hbond substituents is 2. The van der Waals surface area contributed by atoms with Gasteiger partial charge < -0.3 is 46.6 Å². The Hall–Kier alpha value is -5.90. The second-order valence-electron chi connectivity index (χ2n) is 15.6. The van der Waals surface area contributed by atoms with Crippen molar-refractivity contribution >= 4 is 23.6 Å². The Morgan fingerprint density at radius 1 is 0.644 bits per heavy atom. The summed E-state index contributed by atoms with van der Waals surface area (Å²) in [6, 6.07) is 17.4. The predicted molar refractivity (Wildman–Crippen MR) is 222 cm³/mol. The maximum atomic E-state index is 14.8. The van der Waals surface area contributed by atoms with Crippen molar-refractivity contribution in [3.05, 3.63) is 120 Å². The number of pyridine rings is 2. The van der Waals surface area contributed by atoms with Crippen molar-refractivity contribution in [2.24, 2.45) is 29.4 Å². The largest absolute Gasteiger partial charge is 0.508 e. The molecule has 4 rings (SSSR count). The SMILES string of the molecule is CC(C)[C@H](NC(=O)N(C)Cc1ccccn1)C(=O)[C@@H](Cc1ccc(O)cc1)[C@@H](O)[C@H](O)[C@@H](C(=O)[C@@H](NC(=O)N(C)Cc1ccccn1)C(C)C)C(N)c1ccc(O)cc1. The van der Waals surface area contributed by atoms with Crippen molar-refractivity contribution in [1.29, 1.82) is 0 Å². The van der Waals surface area contributed by atoms with Gasteiger partial charge in [0.05, 0.1) is 60.6 Å². The van der Waals surface area contributed by atoms with E-state index in [2.05, 4.69) is 20.6 Å². The van der Waals surface area contributed by atoms with Crippen molar-refractivity contribution < 1.29 is 39.6 Å². The number of urea groups is 2. The Labute approximate surface area is 345 Å². The number of aliphatic hydroxyl groups excluding tert-OH is 2. The third kappa shape index (κ3) is 12.5. The number of benzene rings is 2. The van der Waals surface area contributed by atoms with Gasteiger partial charge in [-0.2, -0.15) is 0 Å². The van der Waals surface area contributed by atoms with Gasteiger partial charge in [-0.3, -0.25) is 19.6 Å². The van der Waals surface area contributed by atoms with E-state index in [1.54, 1.807) is 103 Å². The quantitative estimate of drug-likeness (QED) is 0.0717. The third-order valence-corrected chi connectivity index (χ3v) is 10.3. The highest BCUT2D eigenvalue weighted by atomic mass is 16.3. The second-order valence-corrected chi connectivity index (χ2v) is 15.6. The van der Waals surface area contributed by atoms with E-state index in [9.17, 15) is 39.6 Å². The molecule has 59 heavy (non-hydrogen) atoms. The molecular formula is C44H57N7O8. The molecule has 15 nitrogen and oxygen atoms in total. The van der Waals surface area contributed by atoms with Gasteiger partial charge in [-0.15, -0.1) is 0 Å². The monoisotopic (exact) mass is 811 g/mol. The minimum Gasteiger partial charge on any atom is -0.508 e. The zero-order valence-electron chi connectivity index (χ0n) is 34.3. The maximum Gasteiger partial charge on any atom is 0.318 e. The minimum absolute atomic E-state index is 0.0292. The van der Waals surface area contributed by atoms with Crippen LogP contribution in [-0.4, -0.2) is 102 Å². The summed E-state index contributed by atoms with van der Waals surface area (Å²) in [5.74, 6) is -5.44. The number of phenols is 2. The van der Waals surface area contributed by atoms with E-state index >= 15 is 0 Å². The Morgan fingerprint density at radius 2 is 1.08 bits per heavy atom. The van der Waals surface area contributed by atoms with Crippen molar-refractivity contribution in [2.45, 2.75) is 77.5 Å². The fourth-order valence-electron chi connectivity index (χ4n) is 6.86. The summed E-state index contributed by atoms with van der Waals surface area (Å²) in [5, 5.41) is 50.1. The second kappa shape index (κ2) is 21.2. The van der Waals surface area contributed by atoms with Crippen LogP contribution in [0, 0.1) is 23.7 Å². The molecule has 0 radical (unpaired) electrons. The molecule has 0 aliphatic rings. The van der Waals surface area contributed by atoms with E-state index in [0.29, 0.717) is 22.5 Å². The number of carbonyl (C=O) groups excluding carboxylic acids is 4. The average Bonchev–Trinajstić information content (AvgIpc) is 3.21. The highest BCUT2D eigenvalue weighted by Crippen LogP contribution is 2.32. The van der Waals surface area contributed by atoms with Gasteiger partial charge in [-0.25, -0.2) is 9.59 Å². The molecule has 316 valence electrons. The van der Waals surface area contributed by atoms with E-state index in [0.717, 1.165) is 0 Å². The lowest BCUT2D eigenvalue weighted by Gasteiger charge is -2.37. The van der Waals surface area contributed by atoms with Crippen LogP contribution in [0.25, 0.3) is 0 Å². The Balaban J connectivity index is 1.71. The fraction of sp³-hybridized carbons (Fsp3) is 0.409. The van der Waals surface area contributed by atoms with Crippen LogP contribution >= 0.6 is 0 Å². The smallest absolute Gasteiger partial charge is 0.318 e. The van der Waals surface area contributed by atoms with Crippen LogP contribution in [0.5, 0.6) is 11.5 Å². The van der Waals surface area contributed by atoms with Gasteiger partial charge in [0.15, 0.2) is 11.6 Å². The predicted octanol–water partition coefficient (Wildman–Crippen LogP) is 3.96. The summed E-state index contributed by atoms with van der Waals surface area (Å²) in [7, 11) is 3.10. The van der Waals surface area contributed by atoms with Crippen molar-refractivity contribution in [1.82, 2.24) is 30.4 Å². The average molecular weight is 812 g/mol. The molecule has 2 heterocycles. The number of nitrogens with zero attached hydrogens (tertiary/aromatic N) is 4. The Morgan fingerprint density at radius 3 is 1.51 bits per heavy atom. The zero-order chi connectivity index (χ0) is 43.4. The first-order chi connectivity index (χ1) is 28.0. The standard InChI is InChI=1S/C44H57N7O8/c1-26(2)37(48-43(58)50(5)24-30-11-7-9-21-46-30)39(54)34(23-28-13-17-32(52)18-14-28)40(55)42(57)35(36(45)29-15-19-33(53)20-16-29)41(56)38(27(3)4)49-44(59)51(6)25-31-12-8-10-22-47-31/h7-22,26-27,34-38,40,42,52-53,55,57H,23-25,45H2,1-6H3,(H,48,58)(H,49,59)/t34-,35-,36?,37+,38+,40-,42-/m1/s1. The first-order valence-corrected chi connectivity index (χ1v) is 19.6. The van der Waals surface area contributed by atoms with E-state index < -0.39 is 77.6 Å². The maximum absolute atomic E-state index is 14.8. The van der Waals surface area contributed by atoms with Crippen LogP contribution < -0.4 is 16.4 Å². The molecule has 2 aromatic heterocycles. The van der Waals surface area contributed by atoms with Gasteiger partial charge in [0, 0.05) is 32.5 Å². The molecule has 0 saturated heterocycles. The molecule has 0 saturated carbocycles. The number of hydrogen-bond donors (Lipinski definition) is 7. The van der Waals surface area contributed by atoms with Crippen LogP contribution in [0.4, 0.5) is 9.59 Å². The van der Waals surface area contributed by atoms with Crippen molar-refractivity contribution in [2.75, 3.05) is 14.1 Å². The van der Waals surface area contributed by atoms with Crippen LogP contribution in [-0.2, 0) is 29.1 Å². The van der Waals surface area contributed by atoms with Gasteiger partial charge >= 0.3 is 12.1 Å². The molecule has 0 bridgehead atoms. The highest BCUT2D eigenvalue weighted by molar-refractivity contribution is 5.93. The topological polar surface area (TPSA) is 232 Å². The lowest BCUT2D eigenvalue weighted by molar-refractivity contribution is -0.143. The van der Waals surface area contributed by atoms with Crippen molar-refractivity contribution in [3.8, 4) is 11.5 Å². The molecule has 1 unspecified atom stereocenters. The number of carbonyl (C=O) groups is 4. The summed E-state index contributed by atoms with van der Waals surface area (Å²) < 4.78 is 0. The Kier molecular flexibility index (Phi) is 16.5. The molecule has 2 aromatic carbocycles. The molecule has 4 aromatic rings. The fourth-order valence-corrected chi connectivity index (χ4v) is 6.86. The van der Waals surface area contributed by atoms with Gasteiger partial charge in [-0.1, -0.05) is 64.1 Å². The number of aliphatic hydroxyl groups is 2. The zero-order valence-corrected chi connectivity index (χ0v) is 34.3. The lowest BCUT2D eigenvalue weighted by Crippen LogP contribution is -2.58. The van der Waals surface area contributed by atoms with Crippen LogP contribution in [0.2, 0.25) is 0 Å². The van der Waals surface area contributed by atoms with Crippen LogP contribution in [0.3, 0.4) is 0 Å². The van der Waals surface area contributed by atoms with Crippen LogP contribution in [0.1, 0.15) is 56.3 Å². The van der Waals surface area contributed by atoms with E-state index in [1.165, 1.54) is 46.2 Å². The highest BCUT2D eigenvalue weighted by Gasteiger charge is 2.46. The number of Topliss-reactive ketones (excluding diaryl/α,β-unsaturated/α-hetero) is 2. The molecule has 4 amide bonds. The first-order valence-electron chi connectivity index (χ1n) is 19.6. The number of aromatic hydroxyl groups is 2. The van der Waals surface area contributed by atoms with Gasteiger partial charge in [0.1, 0.15) is 11.5 Å². The molecule has 7 atom stereocenters. The molecular weight excluding hydrogens is 755 g/mol. The molecule has 0 fully saturated rings. The van der Waals surface area contributed by atoms with Gasteiger partial charge in [-0.05, 0) is 77.9 Å². The van der Waals surface area contributed by atoms with E-state index in [1.807, 2.05) is 0 Å². The number of hydrogen-bond acceptors (Lipinski definition) is 11. The first kappa shape index (κ1) is 45.8. The summed E-state index contributed by atoms with van der Waals surface area (Å²) in [6.45, 7) is 7.18. The summed E-state index contributed by atoms with van der Waals surface area (Å²) in [5.41, 5.74) is 8.88. The molecule has 15 heteroatoms. The third-order valence-electron chi connectivity index (χ3n) is 10.3. The minimum atomic E-state index is -1.99. The number of ketones is 2. The summed E-state index contributed by atoms with van der Waals surface area (Å²) in [6.07, 6.45) is -0.876. The van der Waals surface area contributed by atoms with Crippen molar-refractivity contribution in [3.63, 3.8) is 0 Å². The number of rotatable bonds is 19. The molecule has 0 aliphatic carbocycles. The van der Waals surface area contributed by atoms with Crippen LogP contribution in [0.15, 0.2) is 97.3 Å². The number of nitrogens with two attached hydrogens (primary N) is 1. The van der Waals surface area contributed by atoms with E-state index in [4.69, 9.17) is 5.73 Å². The molecule has 0 spiro atoms. The summed E-state index contributed by atoms with van der Waals surface area (Å²) in [4.78, 5) is 67.8. The van der Waals surface area contributed by atoms with Gasteiger partial charge in [0.25, 0.3) is 0 Å². The lowest BCUT2D eigenvalue weighted by atomic mass is 9.74. The molecule has 0 aliphatic heterocycles.